The highest BCUT2D eigenvalue weighted by Gasteiger charge is 2.29. The van der Waals surface area contributed by atoms with Crippen LogP contribution in [0.2, 0.25) is 0 Å². The van der Waals surface area contributed by atoms with Gasteiger partial charge in [0.15, 0.2) is 0 Å². The van der Waals surface area contributed by atoms with Crippen molar-refractivity contribution in [3.8, 4) is 5.75 Å². The van der Waals surface area contributed by atoms with Gasteiger partial charge in [0.1, 0.15) is 11.4 Å². The van der Waals surface area contributed by atoms with E-state index < -0.39 is 5.60 Å². The standard InChI is InChI=1S/C20H28N2O3/c1-20(2,3)25-19(24)22(12-14-8-9-14)11-10-15-13-21(4)16-6-5-7-17(23)18(15)16/h5-7,13-14,23H,8-12H2,1-4H3. The van der Waals surface area contributed by atoms with E-state index in [1.54, 1.807) is 6.07 Å². The predicted octanol–water partition coefficient (Wildman–Crippen LogP) is 4.07. The molecule has 0 aliphatic heterocycles. The van der Waals surface area contributed by atoms with Crippen LogP contribution in [0.3, 0.4) is 0 Å². The lowest BCUT2D eigenvalue weighted by molar-refractivity contribution is 0.0243. The summed E-state index contributed by atoms with van der Waals surface area (Å²) in [6.07, 6.45) is 4.86. The average Bonchev–Trinajstić information content (AvgIpc) is 3.26. The number of amides is 1. The number of aryl methyl sites for hydroxylation is 1. The average molecular weight is 344 g/mol. The molecule has 2 aromatic rings. The molecule has 136 valence electrons. The molecule has 0 saturated heterocycles. The van der Waals surface area contributed by atoms with Crippen molar-refractivity contribution in [3.05, 3.63) is 30.0 Å². The van der Waals surface area contributed by atoms with E-state index in [0.717, 1.165) is 23.0 Å². The van der Waals surface area contributed by atoms with Crippen LogP contribution in [0.25, 0.3) is 10.9 Å². The third-order valence-electron chi connectivity index (χ3n) is 4.55. The Hall–Kier alpha value is -2.17. The van der Waals surface area contributed by atoms with Crippen LogP contribution < -0.4 is 0 Å². The summed E-state index contributed by atoms with van der Waals surface area (Å²) in [4.78, 5) is 14.3. The van der Waals surface area contributed by atoms with Crippen LogP contribution >= 0.6 is 0 Å². The summed E-state index contributed by atoms with van der Waals surface area (Å²) < 4.78 is 7.58. The SMILES string of the molecule is Cn1cc(CCN(CC2CC2)C(=O)OC(C)(C)C)c2c(O)cccc21. The molecule has 1 aromatic heterocycles. The largest absolute Gasteiger partial charge is 0.507 e. The van der Waals surface area contributed by atoms with E-state index in [0.29, 0.717) is 24.6 Å². The first-order valence-corrected chi connectivity index (χ1v) is 8.98. The second-order valence-electron chi connectivity index (χ2n) is 8.06. The monoisotopic (exact) mass is 344 g/mol. The molecule has 5 nitrogen and oxygen atoms in total. The predicted molar refractivity (Wildman–Crippen MR) is 98.8 cm³/mol. The third-order valence-corrected chi connectivity index (χ3v) is 4.55. The van der Waals surface area contributed by atoms with Gasteiger partial charge in [-0.25, -0.2) is 4.79 Å². The number of hydrogen-bond donors (Lipinski definition) is 1. The zero-order valence-electron chi connectivity index (χ0n) is 15.6. The molecule has 1 N–H and O–H groups in total. The molecule has 1 fully saturated rings. The summed E-state index contributed by atoms with van der Waals surface area (Å²) in [6.45, 7) is 7.03. The van der Waals surface area contributed by atoms with E-state index in [9.17, 15) is 9.90 Å². The number of rotatable bonds is 5. The van der Waals surface area contributed by atoms with E-state index in [2.05, 4.69) is 0 Å². The molecule has 1 aliphatic rings. The van der Waals surface area contributed by atoms with Gasteiger partial charge in [-0.1, -0.05) is 6.07 Å². The van der Waals surface area contributed by atoms with Gasteiger partial charge in [0, 0.05) is 31.7 Å². The molecule has 0 unspecified atom stereocenters. The van der Waals surface area contributed by atoms with Crippen molar-refractivity contribution in [2.45, 2.75) is 45.6 Å². The number of carbonyl (C=O) groups excluding carboxylic acids is 1. The van der Waals surface area contributed by atoms with Gasteiger partial charge in [-0.15, -0.1) is 0 Å². The van der Waals surface area contributed by atoms with Crippen LogP contribution in [-0.2, 0) is 18.2 Å². The Bertz CT molecular complexity index is 769. The minimum absolute atomic E-state index is 0.246. The number of phenols is 1. The molecule has 0 atom stereocenters. The van der Waals surface area contributed by atoms with E-state index >= 15 is 0 Å². The fourth-order valence-corrected chi connectivity index (χ4v) is 3.16. The van der Waals surface area contributed by atoms with Gasteiger partial charge >= 0.3 is 6.09 Å². The van der Waals surface area contributed by atoms with Crippen LogP contribution in [0.4, 0.5) is 4.79 Å². The van der Waals surface area contributed by atoms with Gasteiger partial charge in [0.2, 0.25) is 0 Å². The van der Waals surface area contributed by atoms with Crippen molar-refractivity contribution in [3.63, 3.8) is 0 Å². The fourth-order valence-electron chi connectivity index (χ4n) is 3.16. The Morgan fingerprint density at radius 3 is 2.72 bits per heavy atom. The summed E-state index contributed by atoms with van der Waals surface area (Å²) in [5, 5.41) is 11.1. The number of carbonyl (C=O) groups is 1. The Balaban J connectivity index is 1.76. The molecule has 1 heterocycles. The van der Waals surface area contributed by atoms with Crippen molar-refractivity contribution in [1.82, 2.24) is 9.47 Å². The highest BCUT2D eigenvalue weighted by molar-refractivity contribution is 5.89. The first kappa shape index (κ1) is 17.6. The van der Waals surface area contributed by atoms with E-state index in [4.69, 9.17) is 4.74 Å². The molecule has 1 aliphatic carbocycles. The summed E-state index contributed by atoms with van der Waals surface area (Å²) in [6, 6.07) is 5.55. The van der Waals surface area contributed by atoms with Gasteiger partial charge in [0.05, 0.1) is 5.52 Å². The molecule has 1 saturated carbocycles. The van der Waals surface area contributed by atoms with Gasteiger partial charge in [0.25, 0.3) is 0 Å². The third kappa shape index (κ3) is 4.27. The van der Waals surface area contributed by atoms with Crippen molar-refractivity contribution < 1.29 is 14.6 Å². The molecular weight excluding hydrogens is 316 g/mol. The highest BCUT2D eigenvalue weighted by atomic mass is 16.6. The van der Waals surface area contributed by atoms with Crippen LogP contribution in [0.1, 0.15) is 39.2 Å². The summed E-state index contributed by atoms with van der Waals surface area (Å²) in [7, 11) is 1.97. The number of ether oxygens (including phenoxy) is 1. The van der Waals surface area contributed by atoms with Crippen molar-refractivity contribution in [2.24, 2.45) is 13.0 Å². The van der Waals surface area contributed by atoms with Crippen LogP contribution in [0.15, 0.2) is 24.4 Å². The van der Waals surface area contributed by atoms with Crippen molar-refractivity contribution in [2.75, 3.05) is 13.1 Å². The molecule has 3 rings (SSSR count). The molecule has 0 bridgehead atoms. The lowest BCUT2D eigenvalue weighted by Crippen LogP contribution is -2.39. The zero-order valence-corrected chi connectivity index (χ0v) is 15.6. The fraction of sp³-hybridized carbons (Fsp3) is 0.550. The Labute approximate surface area is 149 Å². The van der Waals surface area contributed by atoms with Crippen LogP contribution in [0.5, 0.6) is 5.75 Å². The molecule has 0 spiro atoms. The quantitative estimate of drug-likeness (QED) is 0.889. The Morgan fingerprint density at radius 1 is 1.36 bits per heavy atom. The maximum absolute atomic E-state index is 12.5. The smallest absolute Gasteiger partial charge is 0.410 e. The van der Waals surface area contributed by atoms with Crippen molar-refractivity contribution >= 4 is 17.0 Å². The number of fused-ring (bicyclic) bond motifs is 1. The second kappa shape index (κ2) is 6.62. The van der Waals surface area contributed by atoms with E-state index in [1.807, 2.05) is 55.6 Å². The zero-order chi connectivity index (χ0) is 18.2. The van der Waals surface area contributed by atoms with Gasteiger partial charge in [-0.05, 0) is 63.6 Å². The molecule has 25 heavy (non-hydrogen) atoms. The molecule has 0 radical (unpaired) electrons. The first-order chi connectivity index (χ1) is 11.7. The number of nitrogens with zero attached hydrogens (tertiary/aromatic N) is 2. The van der Waals surface area contributed by atoms with Gasteiger partial charge in [-0.3, -0.25) is 0 Å². The van der Waals surface area contributed by atoms with Gasteiger partial charge in [-0.2, -0.15) is 0 Å². The molecule has 1 amide bonds. The Morgan fingerprint density at radius 2 is 2.08 bits per heavy atom. The molecule has 5 heteroatoms. The summed E-state index contributed by atoms with van der Waals surface area (Å²) >= 11 is 0. The minimum Gasteiger partial charge on any atom is -0.507 e. The Kier molecular flexibility index (Phi) is 4.67. The topological polar surface area (TPSA) is 54.7 Å². The number of aromatic hydroxyl groups is 1. The number of phenolic OH excluding ortho intramolecular Hbond substituents is 1. The number of benzene rings is 1. The number of aromatic nitrogens is 1. The lowest BCUT2D eigenvalue weighted by Gasteiger charge is -2.27. The normalized spacial score (nSPS) is 14.7. The van der Waals surface area contributed by atoms with Crippen molar-refractivity contribution in [1.29, 1.82) is 0 Å². The lowest BCUT2D eigenvalue weighted by atomic mass is 10.1. The summed E-state index contributed by atoms with van der Waals surface area (Å²) in [5.74, 6) is 0.896. The maximum Gasteiger partial charge on any atom is 0.410 e. The maximum atomic E-state index is 12.5. The van der Waals surface area contributed by atoms with Gasteiger partial charge < -0.3 is 19.3 Å². The van der Waals surface area contributed by atoms with Crippen LogP contribution in [0, 0.1) is 5.92 Å². The van der Waals surface area contributed by atoms with E-state index in [1.165, 1.54) is 12.8 Å². The summed E-state index contributed by atoms with van der Waals surface area (Å²) in [5.41, 5.74) is 1.57. The second-order valence-corrected chi connectivity index (χ2v) is 8.06. The number of hydrogen-bond acceptors (Lipinski definition) is 3. The van der Waals surface area contributed by atoms with E-state index in [-0.39, 0.29) is 6.09 Å². The molecular formula is C20H28N2O3. The first-order valence-electron chi connectivity index (χ1n) is 8.98. The molecule has 1 aromatic carbocycles. The minimum atomic E-state index is -0.489. The van der Waals surface area contributed by atoms with Crippen LogP contribution in [-0.4, -0.2) is 39.4 Å². The highest BCUT2D eigenvalue weighted by Crippen LogP contribution is 2.32.